The van der Waals surface area contributed by atoms with E-state index >= 15 is 0 Å². The van der Waals surface area contributed by atoms with Gasteiger partial charge in [0.25, 0.3) is 11.8 Å². The molecule has 8 heteroatoms. The minimum absolute atomic E-state index is 0.0348. The molecule has 3 heterocycles. The molecular formula is C25H23N3O5. The topological polar surface area (TPSA) is 99.9 Å². The summed E-state index contributed by atoms with van der Waals surface area (Å²) in [5.74, 6) is -0.706. The Kier molecular flexibility index (Phi) is 5.00. The molecule has 0 saturated carbocycles. The van der Waals surface area contributed by atoms with E-state index in [4.69, 9.17) is 4.42 Å². The number of nitrogens with zero attached hydrogens (tertiary/aromatic N) is 2. The summed E-state index contributed by atoms with van der Waals surface area (Å²) in [5, 5.41) is 3.52. The molecule has 5 rings (SSSR count). The number of urea groups is 1. The smallest absolute Gasteiger partial charge is 0.349 e. The molecule has 1 aromatic heterocycles. The van der Waals surface area contributed by atoms with Crippen LogP contribution in [-0.2, 0) is 11.3 Å². The fourth-order valence-corrected chi connectivity index (χ4v) is 4.51. The molecule has 0 radical (unpaired) electrons. The Morgan fingerprint density at radius 3 is 2.45 bits per heavy atom. The molecule has 0 unspecified atom stereocenters. The van der Waals surface area contributed by atoms with Crippen molar-refractivity contribution in [3.05, 3.63) is 81.7 Å². The summed E-state index contributed by atoms with van der Waals surface area (Å²) in [6.07, 6.45) is 0.569. The number of aryl methyl sites for hydroxylation is 1. The summed E-state index contributed by atoms with van der Waals surface area (Å²) in [5.41, 5.74) is 0.652. The minimum Gasteiger partial charge on any atom is -0.422 e. The Morgan fingerprint density at radius 2 is 1.73 bits per heavy atom. The van der Waals surface area contributed by atoms with Crippen molar-refractivity contribution in [1.82, 2.24) is 15.1 Å². The Balaban J connectivity index is 1.30. The highest BCUT2D eigenvalue weighted by Crippen LogP contribution is 2.31. The van der Waals surface area contributed by atoms with Crippen LogP contribution in [0.5, 0.6) is 0 Å². The Bertz CT molecular complexity index is 1320. The van der Waals surface area contributed by atoms with Crippen molar-refractivity contribution in [3.8, 4) is 0 Å². The number of nitrogens with one attached hydrogen (secondary N) is 1. The number of likely N-dealkylation sites (tertiary alicyclic amines) is 1. The van der Waals surface area contributed by atoms with Gasteiger partial charge >= 0.3 is 11.7 Å². The standard InChI is InChI=1S/C25H23N3O5/c1-16-6-8-17(9-7-16)15-28-23(31)25(26-24(28)32)10-12-27(13-11-25)21(29)19-14-18-4-2-3-5-20(18)33-22(19)30/h2-9,14H,10-13,15H2,1H3,(H,26,32). The first kappa shape index (κ1) is 20.9. The first-order chi connectivity index (χ1) is 15.9. The summed E-state index contributed by atoms with van der Waals surface area (Å²) >= 11 is 0. The third-order valence-electron chi connectivity index (χ3n) is 6.48. The van der Waals surface area contributed by atoms with E-state index in [0.29, 0.717) is 11.0 Å². The van der Waals surface area contributed by atoms with E-state index < -0.39 is 23.1 Å². The molecule has 2 aromatic carbocycles. The van der Waals surface area contributed by atoms with Crippen molar-refractivity contribution in [2.75, 3.05) is 13.1 Å². The molecule has 8 nitrogen and oxygen atoms in total. The van der Waals surface area contributed by atoms with E-state index in [2.05, 4.69) is 5.32 Å². The van der Waals surface area contributed by atoms with Crippen LogP contribution in [-0.4, -0.2) is 46.3 Å². The van der Waals surface area contributed by atoms with Crippen LogP contribution in [0.4, 0.5) is 4.79 Å². The Labute approximate surface area is 189 Å². The van der Waals surface area contributed by atoms with Gasteiger partial charge in [-0.05, 0) is 37.5 Å². The summed E-state index contributed by atoms with van der Waals surface area (Å²) in [6.45, 7) is 2.67. The second-order valence-electron chi connectivity index (χ2n) is 8.67. The molecular weight excluding hydrogens is 422 g/mol. The number of para-hydroxylation sites is 1. The van der Waals surface area contributed by atoms with Crippen LogP contribution < -0.4 is 10.9 Å². The van der Waals surface area contributed by atoms with Crippen LogP contribution in [0, 0.1) is 6.92 Å². The number of carbonyl (C=O) groups excluding carboxylic acids is 3. The number of piperidine rings is 1. The zero-order valence-corrected chi connectivity index (χ0v) is 18.2. The number of imide groups is 1. The summed E-state index contributed by atoms with van der Waals surface area (Å²) < 4.78 is 5.29. The van der Waals surface area contributed by atoms with Gasteiger partial charge in [0.15, 0.2) is 0 Å². The van der Waals surface area contributed by atoms with Gasteiger partial charge in [0.1, 0.15) is 16.7 Å². The number of rotatable bonds is 3. The van der Waals surface area contributed by atoms with Crippen LogP contribution >= 0.6 is 0 Å². The third kappa shape index (κ3) is 3.67. The van der Waals surface area contributed by atoms with E-state index in [0.717, 1.165) is 11.1 Å². The molecule has 168 valence electrons. The molecule has 2 aliphatic heterocycles. The Hall–Kier alpha value is -3.94. The molecule has 2 saturated heterocycles. The molecule has 3 aromatic rings. The molecule has 1 N–H and O–H groups in total. The summed E-state index contributed by atoms with van der Waals surface area (Å²) in [7, 11) is 0. The quantitative estimate of drug-likeness (QED) is 0.494. The highest BCUT2D eigenvalue weighted by molar-refractivity contribution is 6.07. The Morgan fingerprint density at radius 1 is 1.03 bits per heavy atom. The molecule has 33 heavy (non-hydrogen) atoms. The van der Waals surface area contributed by atoms with Crippen molar-refractivity contribution < 1.29 is 18.8 Å². The zero-order valence-electron chi connectivity index (χ0n) is 18.2. The number of fused-ring (bicyclic) bond motifs is 1. The molecule has 2 aliphatic rings. The fourth-order valence-electron chi connectivity index (χ4n) is 4.51. The monoisotopic (exact) mass is 445 g/mol. The fraction of sp³-hybridized carbons (Fsp3) is 0.280. The first-order valence-corrected chi connectivity index (χ1v) is 10.9. The van der Waals surface area contributed by atoms with Gasteiger partial charge in [0, 0.05) is 18.5 Å². The summed E-state index contributed by atoms with van der Waals surface area (Å²) in [4.78, 5) is 54.0. The molecule has 2 fully saturated rings. The third-order valence-corrected chi connectivity index (χ3v) is 6.48. The highest BCUT2D eigenvalue weighted by Gasteiger charge is 2.52. The second-order valence-corrected chi connectivity index (χ2v) is 8.67. The first-order valence-electron chi connectivity index (χ1n) is 10.9. The van der Waals surface area contributed by atoms with Crippen molar-refractivity contribution in [3.63, 3.8) is 0 Å². The average molecular weight is 445 g/mol. The number of amides is 4. The molecule has 0 atom stereocenters. The van der Waals surface area contributed by atoms with Crippen LogP contribution in [0.15, 0.2) is 63.8 Å². The van der Waals surface area contributed by atoms with Gasteiger partial charge < -0.3 is 14.6 Å². The van der Waals surface area contributed by atoms with Gasteiger partial charge in [-0.2, -0.15) is 0 Å². The van der Waals surface area contributed by atoms with Crippen LogP contribution in [0.25, 0.3) is 11.0 Å². The second kappa shape index (κ2) is 7.88. The van der Waals surface area contributed by atoms with Crippen LogP contribution in [0.3, 0.4) is 0 Å². The van der Waals surface area contributed by atoms with Crippen molar-refractivity contribution in [1.29, 1.82) is 0 Å². The van der Waals surface area contributed by atoms with Crippen LogP contribution in [0.2, 0.25) is 0 Å². The predicted molar refractivity (Wildman–Crippen MR) is 121 cm³/mol. The lowest BCUT2D eigenvalue weighted by Crippen LogP contribution is -2.56. The van der Waals surface area contributed by atoms with E-state index in [9.17, 15) is 19.2 Å². The van der Waals surface area contributed by atoms with Gasteiger partial charge in [-0.3, -0.25) is 14.5 Å². The van der Waals surface area contributed by atoms with Gasteiger partial charge in [0.2, 0.25) is 0 Å². The van der Waals surface area contributed by atoms with Gasteiger partial charge in [-0.1, -0.05) is 48.0 Å². The normalized spacial score (nSPS) is 17.6. The van der Waals surface area contributed by atoms with Crippen LogP contribution in [0.1, 0.15) is 34.3 Å². The maximum absolute atomic E-state index is 13.2. The predicted octanol–water partition coefficient (Wildman–Crippen LogP) is 2.83. The maximum Gasteiger partial charge on any atom is 0.349 e. The molecule has 0 bridgehead atoms. The van der Waals surface area contributed by atoms with Gasteiger partial charge in [0.05, 0.1) is 6.54 Å². The van der Waals surface area contributed by atoms with Crippen molar-refractivity contribution in [2.45, 2.75) is 31.8 Å². The van der Waals surface area contributed by atoms with E-state index in [1.807, 2.05) is 31.2 Å². The number of hydrogen-bond acceptors (Lipinski definition) is 5. The van der Waals surface area contributed by atoms with Crippen molar-refractivity contribution in [2.24, 2.45) is 0 Å². The van der Waals surface area contributed by atoms with E-state index in [-0.39, 0.29) is 43.9 Å². The lowest BCUT2D eigenvalue weighted by molar-refractivity contribution is -0.133. The van der Waals surface area contributed by atoms with E-state index in [1.165, 1.54) is 9.80 Å². The average Bonchev–Trinajstić information content (AvgIpc) is 3.04. The minimum atomic E-state index is -1.02. The number of carbonyl (C=O) groups is 3. The molecule has 1 spiro atoms. The molecule has 4 amide bonds. The number of benzene rings is 2. The van der Waals surface area contributed by atoms with Crippen molar-refractivity contribution >= 4 is 28.8 Å². The number of hydrogen-bond donors (Lipinski definition) is 1. The maximum atomic E-state index is 13.2. The summed E-state index contributed by atoms with van der Waals surface area (Å²) in [6, 6.07) is 15.8. The molecule has 0 aliphatic carbocycles. The van der Waals surface area contributed by atoms with E-state index in [1.54, 1.807) is 30.3 Å². The largest absolute Gasteiger partial charge is 0.422 e. The van der Waals surface area contributed by atoms with Gasteiger partial charge in [-0.25, -0.2) is 9.59 Å². The lowest BCUT2D eigenvalue weighted by atomic mass is 9.87. The van der Waals surface area contributed by atoms with Gasteiger partial charge in [-0.15, -0.1) is 0 Å². The zero-order chi connectivity index (χ0) is 23.2. The SMILES string of the molecule is Cc1ccc(CN2C(=O)NC3(CCN(C(=O)c4cc5ccccc5oc4=O)CC3)C2=O)cc1. The lowest BCUT2D eigenvalue weighted by Gasteiger charge is -2.37. The highest BCUT2D eigenvalue weighted by atomic mass is 16.4.